The number of ether oxygens (including phenoxy) is 1. The summed E-state index contributed by atoms with van der Waals surface area (Å²) >= 11 is 1.59. The van der Waals surface area contributed by atoms with Crippen LogP contribution in [0.4, 0.5) is 4.39 Å². The van der Waals surface area contributed by atoms with Gasteiger partial charge in [-0.2, -0.15) is 5.10 Å². The number of fused-ring (bicyclic) bond motifs is 1. The van der Waals surface area contributed by atoms with Crippen LogP contribution >= 0.6 is 11.3 Å². The normalized spacial score (nSPS) is 16.4. The number of aromatic nitrogens is 2. The first-order valence-corrected chi connectivity index (χ1v) is 11.9. The molecule has 1 saturated heterocycles. The number of hydrogen-bond donors (Lipinski definition) is 2. The van der Waals surface area contributed by atoms with Crippen molar-refractivity contribution in [3.63, 3.8) is 0 Å². The van der Waals surface area contributed by atoms with Crippen molar-refractivity contribution < 1.29 is 13.9 Å². The molecule has 0 aliphatic carbocycles. The minimum Gasteiger partial charge on any atom is -0.375 e. The first-order chi connectivity index (χ1) is 16.6. The van der Waals surface area contributed by atoms with Crippen LogP contribution in [0.1, 0.15) is 21.6 Å². The van der Waals surface area contributed by atoms with E-state index in [1.807, 2.05) is 29.8 Å². The lowest BCUT2D eigenvalue weighted by molar-refractivity contribution is 0.0287. The first-order valence-electron chi connectivity index (χ1n) is 11.0. The van der Waals surface area contributed by atoms with Gasteiger partial charge in [0.25, 0.3) is 5.91 Å². The maximum Gasteiger partial charge on any atom is 0.273 e. The van der Waals surface area contributed by atoms with Gasteiger partial charge in [-0.05, 0) is 35.9 Å². The van der Waals surface area contributed by atoms with E-state index in [9.17, 15) is 9.18 Å². The molecule has 2 N–H and O–H groups in total. The predicted octanol–water partition coefficient (Wildman–Crippen LogP) is 3.74. The fourth-order valence-corrected chi connectivity index (χ4v) is 4.83. The molecule has 1 aliphatic heterocycles. The van der Waals surface area contributed by atoms with E-state index in [2.05, 4.69) is 21.2 Å². The zero-order valence-electron chi connectivity index (χ0n) is 18.6. The number of benzene rings is 2. The number of carbonyl (C=O) groups is 1. The summed E-state index contributed by atoms with van der Waals surface area (Å²) in [4.78, 5) is 17.7. The zero-order chi connectivity index (χ0) is 23.5. The lowest BCUT2D eigenvalue weighted by atomic mass is 10.1. The number of thiazole rings is 1. The Bertz CT molecular complexity index is 1340. The molecule has 1 amide bonds. The molecule has 2 aromatic carbocycles. The minimum absolute atomic E-state index is 0.145. The smallest absolute Gasteiger partial charge is 0.273 e. The van der Waals surface area contributed by atoms with Crippen molar-refractivity contribution in [1.82, 2.24) is 20.3 Å². The summed E-state index contributed by atoms with van der Waals surface area (Å²) in [6.45, 7) is 2.46. The van der Waals surface area contributed by atoms with Gasteiger partial charge in [-0.3, -0.25) is 4.79 Å². The lowest BCUT2D eigenvalue weighted by Crippen LogP contribution is -2.39. The Hall–Kier alpha value is -3.40. The highest BCUT2D eigenvalue weighted by Gasteiger charge is 2.18. The van der Waals surface area contributed by atoms with Crippen LogP contribution in [0.15, 0.2) is 59.1 Å². The van der Waals surface area contributed by atoms with Crippen LogP contribution in [0.25, 0.3) is 21.5 Å². The summed E-state index contributed by atoms with van der Waals surface area (Å²) in [5.41, 5.74) is 6.69. The van der Waals surface area contributed by atoms with Gasteiger partial charge >= 0.3 is 0 Å². The number of halogens is 1. The molecular weight excluding hydrogens is 453 g/mol. The van der Waals surface area contributed by atoms with Gasteiger partial charge in [0.15, 0.2) is 0 Å². The van der Waals surface area contributed by atoms with E-state index >= 15 is 0 Å². The summed E-state index contributed by atoms with van der Waals surface area (Å²) in [7, 11) is 1.90. The molecule has 9 heteroatoms. The monoisotopic (exact) mass is 477 g/mol. The van der Waals surface area contributed by atoms with Crippen LogP contribution in [0.2, 0.25) is 0 Å². The molecule has 0 radical (unpaired) electrons. The Kier molecular flexibility index (Phi) is 6.48. The Balaban J connectivity index is 1.35. The number of morpholine rings is 1. The predicted molar refractivity (Wildman–Crippen MR) is 132 cm³/mol. The minimum atomic E-state index is -0.320. The van der Waals surface area contributed by atoms with Gasteiger partial charge in [0.2, 0.25) is 0 Å². The van der Waals surface area contributed by atoms with E-state index in [1.54, 1.807) is 29.7 Å². The molecule has 0 bridgehead atoms. The number of hydrazone groups is 1. The maximum atomic E-state index is 13.0. The van der Waals surface area contributed by atoms with Crippen molar-refractivity contribution in [2.45, 2.75) is 12.5 Å². The summed E-state index contributed by atoms with van der Waals surface area (Å²) in [5, 5.41) is 11.2. The maximum absolute atomic E-state index is 13.0. The van der Waals surface area contributed by atoms with Gasteiger partial charge < -0.3 is 14.6 Å². The second-order valence-electron chi connectivity index (χ2n) is 8.18. The van der Waals surface area contributed by atoms with E-state index < -0.39 is 0 Å². The van der Waals surface area contributed by atoms with E-state index in [0.717, 1.165) is 53.3 Å². The number of aryl methyl sites for hydroxylation is 1. The summed E-state index contributed by atoms with van der Waals surface area (Å²) < 4.78 is 20.7. The fraction of sp³-hybridized carbons (Fsp3) is 0.240. The Morgan fingerprint density at radius 1 is 1.35 bits per heavy atom. The molecule has 7 nitrogen and oxygen atoms in total. The average molecular weight is 478 g/mol. The second-order valence-corrected chi connectivity index (χ2v) is 9.04. The van der Waals surface area contributed by atoms with Crippen molar-refractivity contribution in [3.8, 4) is 10.6 Å². The number of carbonyl (C=O) groups excluding carboxylic acids is 1. The van der Waals surface area contributed by atoms with Gasteiger partial charge in [-0.15, -0.1) is 11.3 Å². The molecule has 4 aromatic rings. The molecule has 174 valence electrons. The largest absolute Gasteiger partial charge is 0.375 e. The molecule has 1 aliphatic rings. The fourth-order valence-electron chi connectivity index (χ4n) is 4.00. The number of hydrogen-bond acceptors (Lipinski definition) is 6. The molecule has 5 rings (SSSR count). The third kappa shape index (κ3) is 4.91. The van der Waals surface area contributed by atoms with Crippen LogP contribution < -0.4 is 10.7 Å². The number of nitrogens with one attached hydrogen (secondary N) is 2. The lowest BCUT2D eigenvalue weighted by Gasteiger charge is -2.22. The standard InChI is InChI=1S/C25H24FN5O2S/c1-31-14-22(24(32)30-28-12-16-2-5-18(26)6-3-16)21-10-17(4-7-23(21)31)25-29-19(15-34-25)11-20-13-27-8-9-33-20/h2-7,10,12,14-15,20,27H,8-9,11,13H2,1H3,(H,30,32)/b28-12+. The topological polar surface area (TPSA) is 80.5 Å². The molecule has 1 unspecified atom stereocenters. The molecule has 1 atom stereocenters. The second kappa shape index (κ2) is 9.84. The molecule has 3 heterocycles. The highest BCUT2D eigenvalue weighted by molar-refractivity contribution is 7.13. The van der Waals surface area contributed by atoms with Crippen molar-refractivity contribution in [2.24, 2.45) is 12.1 Å². The third-order valence-electron chi connectivity index (χ3n) is 5.72. The molecule has 2 aromatic heterocycles. The molecule has 34 heavy (non-hydrogen) atoms. The number of nitrogens with zero attached hydrogens (tertiary/aromatic N) is 3. The zero-order valence-corrected chi connectivity index (χ0v) is 19.4. The summed E-state index contributed by atoms with van der Waals surface area (Å²) in [5.74, 6) is -0.637. The quantitative estimate of drug-likeness (QED) is 0.328. The van der Waals surface area contributed by atoms with Gasteiger partial charge in [-0.25, -0.2) is 14.8 Å². The summed E-state index contributed by atoms with van der Waals surface area (Å²) in [6.07, 6.45) is 4.19. The van der Waals surface area contributed by atoms with Crippen LogP contribution in [0, 0.1) is 5.82 Å². The van der Waals surface area contributed by atoms with Crippen LogP contribution in [-0.2, 0) is 18.2 Å². The Morgan fingerprint density at radius 3 is 3.00 bits per heavy atom. The van der Waals surface area contributed by atoms with Crippen LogP contribution in [-0.4, -0.2) is 47.5 Å². The van der Waals surface area contributed by atoms with E-state index in [0.29, 0.717) is 11.1 Å². The van der Waals surface area contributed by atoms with Crippen molar-refractivity contribution in [1.29, 1.82) is 0 Å². The molecule has 0 spiro atoms. The van der Waals surface area contributed by atoms with Crippen molar-refractivity contribution >= 4 is 34.4 Å². The Labute approximate surface area is 200 Å². The van der Waals surface area contributed by atoms with Gasteiger partial charge in [-0.1, -0.05) is 12.1 Å². The van der Waals surface area contributed by atoms with Crippen LogP contribution in [0.5, 0.6) is 0 Å². The van der Waals surface area contributed by atoms with Gasteiger partial charge in [0, 0.05) is 54.6 Å². The highest BCUT2D eigenvalue weighted by atomic mass is 32.1. The van der Waals surface area contributed by atoms with Gasteiger partial charge in [0.1, 0.15) is 10.8 Å². The summed E-state index contributed by atoms with van der Waals surface area (Å²) in [6, 6.07) is 11.9. The third-order valence-corrected chi connectivity index (χ3v) is 6.66. The molecular formula is C25H24FN5O2S. The van der Waals surface area contributed by atoms with E-state index in [1.165, 1.54) is 18.3 Å². The van der Waals surface area contributed by atoms with Crippen molar-refractivity contribution in [3.05, 3.63) is 76.7 Å². The average Bonchev–Trinajstić information content (AvgIpc) is 3.45. The van der Waals surface area contributed by atoms with E-state index in [-0.39, 0.29) is 17.8 Å². The van der Waals surface area contributed by atoms with E-state index in [4.69, 9.17) is 9.72 Å². The van der Waals surface area contributed by atoms with Crippen LogP contribution in [0.3, 0.4) is 0 Å². The van der Waals surface area contributed by atoms with Gasteiger partial charge in [0.05, 0.1) is 30.2 Å². The number of amides is 1. The highest BCUT2D eigenvalue weighted by Crippen LogP contribution is 2.30. The van der Waals surface area contributed by atoms with Crippen molar-refractivity contribution in [2.75, 3.05) is 19.7 Å². The molecule has 0 saturated carbocycles. The first kappa shape index (κ1) is 22.4. The SMILES string of the molecule is Cn1cc(C(=O)N/N=C/c2ccc(F)cc2)c2cc(-c3nc(CC4CNCCO4)cs3)ccc21. The Morgan fingerprint density at radius 2 is 2.21 bits per heavy atom. The number of rotatable bonds is 6. The molecule has 1 fully saturated rings.